The average Bonchev–Trinajstić information content (AvgIpc) is 2.46. The highest BCUT2D eigenvalue weighted by molar-refractivity contribution is 9.10. The standard InChI is InChI=1S/C14H11BrOS/c15-10-5-6-13-9(7-10)8-12(16)11-3-1-2-4-14(11)17-13/h1-7,12,16H,8H2. The van der Waals surface area contributed by atoms with Gasteiger partial charge in [0.05, 0.1) is 6.10 Å². The molecule has 86 valence electrons. The molecule has 1 atom stereocenters. The summed E-state index contributed by atoms with van der Waals surface area (Å²) in [4.78, 5) is 2.39. The summed E-state index contributed by atoms with van der Waals surface area (Å²) in [6, 6.07) is 14.3. The van der Waals surface area contributed by atoms with Crippen LogP contribution in [0.25, 0.3) is 0 Å². The molecule has 3 heteroatoms. The lowest BCUT2D eigenvalue weighted by atomic mass is 10.0. The van der Waals surface area contributed by atoms with Gasteiger partial charge in [-0.1, -0.05) is 45.9 Å². The van der Waals surface area contributed by atoms with Gasteiger partial charge in [0.25, 0.3) is 0 Å². The van der Waals surface area contributed by atoms with E-state index in [4.69, 9.17) is 0 Å². The Morgan fingerprint density at radius 3 is 2.82 bits per heavy atom. The molecular formula is C14H11BrOS. The van der Waals surface area contributed by atoms with Gasteiger partial charge in [-0.05, 0) is 35.4 Å². The normalized spacial score (nSPS) is 18.1. The molecule has 0 amide bonds. The van der Waals surface area contributed by atoms with Crippen LogP contribution in [-0.4, -0.2) is 5.11 Å². The molecule has 0 saturated carbocycles. The highest BCUT2D eigenvalue weighted by Crippen LogP contribution is 2.41. The first-order valence-electron chi connectivity index (χ1n) is 5.47. The number of fused-ring (bicyclic) bond motifs is 2. The van der Waals surface area contributed by atoms with Crippen molar-refractivity contribution in [2.45, 2.75) is 22.3 Å². The molecule has 3 rings (SSSR count). The van der Waals surface area contributed by atoms with Crippen LogP contribution in [0, 0.1) is 0 Å². The molecule has 0 saturated heterocycles. The lowest BCUT2D eigenvalue weighted by Gasteiger charge is -2.10. The molecule has 0 bridgehead atoms. The van der Waals surface area contributed by atoms with E-state index in [0.29, 0.717) is 6.42 Å². The third-order valence-corrected chi connectivity index (χ3v) is 4.64. The van der Waals surface area contributed by atoms with Crippen LogP contribution in [0.5, 0.6) is 0 Å². The van der Waals surface area contributed by atoms with Gasteiger partial charge in [0.15, 0.2) is 0 Å². The molecule has 1 heterocycles. The van der Waals surface area contributed by atoms with Crippen molar-refractivity contribution in [3.63, 3.8) is 0 Å². The predicted molar refractivity (Wildman–Crippen MR) is 73.4 cm³/mol. The minimum atomic E-state index is -0.408. The third kappa shape index (κ3) is 2.15. The number of aliphatic hydroxyl groups is 1. The zero-order valence-corrected chi connectivity index (χ0v) is 11.5. The van der Waals surface area contributed by atoms with Gasteiger partial charge >= 0.3 is 0 Å². The summed E-state index contributed by atoms with van der Waals surface area (Å²) < 4.78 is 1.06. The largest absolute Gasteiger partial charge is 0.388 e. The van der Waals surface area contributed by atoms with Crippen LogP contribution in [0.1, 0.15) is 17.2 Å². The molecule has 2 aromatic carbocycles. The van der Waals surface area contributed by atoms with E-state index in [9.17, 15) is 5.11 Å². The van der Waals surface area contributed by atoms with Crippen LogP contribution in [-0.2, 0) is 6.42 Å². The second-order valence-corrected chi connectivity index (χ2v) is 6.11. The first-order chi connectivity index (χ1) is 8.24. The number of hydrogen-bond acceptors (Lipinski definition) is 2. The van der Waals surface area contributed by atoms with Crippen molar-refractivity contribution in [3.8, 4) is 0 Å². The highest BCUT2D eigenvalue weighted by Gasteiger charge is 2.20. The maximum Gasteiger partial charge on any atom is 0.0841 e. The number of aliphatic hydroxyl groups excluding tert-OH is 1. The summed E-state index contributed by atoms with van der Waals surface area (Å²) in [5.41, 5.74) is 2.23. The highest BCUT2D eigenvalue weighted by atomic mass is 79.9. The molecule has 17 heavy (non-hydrogen) atoms. The van der Waals surface area contributed by atoms with Gasteiger partial charge < -0.3 is 5.11 Å². The van der Waals surface area contributed by atoms with Gasteiger partial charge in [-0.2, -0.15) is 0 Å². The fourth-order valence-corrected chi connectivity index (χ4v) is 3.62. The van der Waals surface area contributed by atoms with Gasteiger partial charge in [-0.15, -0.1) is 0 Å². The van der Waals surface area contributed by atoms with Crippen molar-refractivity contribution >= 4 is 27.7 Å². The first-order valence-corrected chi connectivity index (χ1v) is 7.08. The Morgan fingerprint density at radius 1 is 1.12 bits per heavy atom. The molecular weight excluding hydrogens is 296 g/mol. The third-order valence-electron chi connectivity index (χ3n) is 2.93. The van der Waals surface area contributed by atoms with Crippen LogP contribution in [0.2, 0.25) is 0 Å². The molecule has 1 N–H and O–H groups in total. The van der Waals surface area contributed by atoms with Crippen LogP contribution < -0.4 is 0 Å². The Kier molecular flexibility index (Phi) is 2.99. The van der Waals surface area contributed by atoms with Gasteiger partial charge in [0.2, 0.25) is 0 Å². The SMILES string of the molecule is OC1Cc2cc(Br)ccc2Sc2ccccc21. The Hall–Kier alpha value is -0.770. The Bertz CT molecular complexity index is 568. The molecule has 0 fully saturated rings. The quantitative estimate of drug-likeness (QED) is 0.787. The maximum atomic E-state index is 10.3. The van der Waals surface area contributed by atoms with E-state index < -0.39 is 6.10 Å². The maximum absolute atomic E-state index is 10.3. The topological polar surface area (TPSA) is 20.2 Å². The first kappa shape index (κ1) is 11.3. The summed E-state index contributed by atoms with van der Waals surface area (Å²) in [5, 5.41) is 10.3. The zero-order chi connectivity index (χ0) is 11.8. The van der Waals surface area contributed by atoms with Crippen LogP contribution in [0.4, 0.5) is 0 Å². The number of benzene rings is 2. The van der Waals surface area contributed by atoms with Crippen molar-refractivity contribution in [2.75, 3.05) is 0 Å². The Morgan fingerprint density at radius 2 is 1.94 bits per heavy atom. The van der Waals surface area contributed by atoms with E-state index in [-0.39, 0.29) is 0 Å². The minimum Gasteiger partial charge on any atom is -0.388 e. The van der Waals surface area contributed by atoms with Gasteiger partial charge in [0.1, 0.15) is 0 Å². The number of rotatable bonds is 0. The monoisotopic (exact) mass is 306 g/mol. The van der Waals surface area contributed by atoms with E-state index in [1.807, 2.05) is 24.3 Å². The summed E-state index contributed by atoms with van der Waals surface area (Å²) in [7, 11) is 0. The number of hydrogen-bond donors (Lipinski definition) is 1. The molecule has 1 unspecified atom stereocenters. The fourth-order valence-electron chi connectivity index (χ4n) is 2.09. The summed E-state index contributed by atoms with van der Waals surface area (Å²) in [6.45, 7) is 0. The van der Waals surface area contributed by atoms with Crippen molar-refractivity contribution < 1.29 is 5.11 Å². The van der Waals surface area contributed by atoms with E-state index in [1.165, 1.54) is 10.5 Å². The van der Waals surface area contributed by atoms with Crippen LogP contribution >= 0.6 is 27.7 Å². The molecule has 0 radical (unpaired) electrons. The molecule has 1 aliphatic heterocycles. The smallest absolute Gasteiger partial charge is 0.0841 e. The molecule has 0 spiro atoms. The zero-order valence-electron chi connectivity index (χ0n) is 9.06. The summed E-state index contributed by atoms with van der Waals surface area (Å²) in [5.74, 6) is 0. The average molecular weight is 307 g/mol. The van der Waals surface area contributed by atoms with Crippen molar-refractivity contribution in [3.05, 3.63) is 58.1 Å². The lowest BCUT2D eigenvalue weighted by Crippen LogP contribution is -2.01. The van der Waals surface area contributed by atoms with E-state index in [0.717, 1.165) is 14.9 Å². The van der Waals surface area contributed by atoms with Gasteiger partial charge in [-0.3, -0.25) is 0 Å². The van der Waals surface area contributed by atoms with E-state index >= 15 is 0 Å². The predicted octanol–water partition coefficient (Wildman–Crippen LogP) is 4.19. The molecule has 1 nitrogen and oxygen atoms in total. The summed E-state index contributed by atoms with van der Waals surface area (Å²) >= 11 is 5.22. The Labute approximate surface area is 113 Å². The molecule has 1 aliphatic rings. The van der Waals surface area contributed by atoms with Crippen molar-refractivity contribution in [1.82, 2.24) is 0 Å². The molecule has 0 aliphatic carbocycles. The second-order valence-electron chi connectivity index (χ2n) is 4.11. The van der Waals surface area contributed by atoms with Crippen LogP contribution in [0.3, 0.4) is 0 Å². The van der Waals surface area contributed by atoms with Gasteiger partial charge in [-0.25, -0.2) is 0 Å². The van der Waals surface area contributed by atoms with Gasteiger partial charge in [0, 0.05) is 20.7 Å². The number of halogens is 1. The minimum absolute atomic E-state index is 0.408. The Balaban J connectivity index is 2.13. The van der Waals surface area contributed by atoms with E-state index in [1.54, 1.807) is 11.8 Å². The lowest BCUT2D eigenvalue weighted by molar-refractivity contribution is 0.175. The molecule has 2 aromatic rings. The van der Waals surface area contributed by atoms with Crippen LogP contribution in [0.15, 0.2) is 56.7 Å². The van der Waals surface area contributed by atoms with Crippen molar-refractivity contribution in [2.24, 2.45) is 0 Å². The second kappa shape index (κ2) is 4.48. The fraction of sp³-hybridized carbons (Fsp3) is 0.143. The summed E-state index contributed by atoms with van der Waals surface area (Å²) in [6.07, 6.45) is 0.271. The molecule has 0 aromatic heterocycles. The van der Waals surface area contributed by atoms with E-state index in [2.05, 4.69) is 34.1 Å². The van der Waals surface area contributed by atoms with Crippen molar-refractivity contribution in [1.29, 1.82) is 0 Å².